The van der Waals surface area contributed by atoms with Crippen LogP contribution in [-0.4, -0.2) is 17.8 Å². The lowest BCUT2D eigenvalue weighted by molar-refractivity contribution is -0.122. The zero-order chi connectivity index (χ0) is 24.4. The highest BCUT2D eigenvalue weighted by Gasteiger charge is 2.37. The number of nitrogens with one attached hydrogen (secondary N) is 1. The molecule has 1 aliphatic rings. The van der Waals surface area contributed by atoms with Gasteiger partial charge in [0.15, 0.2) is 0 Å². The van der Waals surface area contributed by atoms with Gasteiger partial charge in [0.25, 0.3) is 11.8 Å². The average molecular weight is 605 g/mol. The maximum atomic E-state index is 13.1. The Morgan fingerprint density at radius 1 is 1.00 bits per heavy atom. The molecule has 1 fully saturated rings. The van der Waals surface area contributed by atoms with E-state index in [9.17, 15) is 14.4 Å². The number of imide groups is 2. The number of amides is 4. The minimum atomic E-state index is -0.825. The molecule has 3 aromatic rings. The van der Waals surface area contributed by atoms with Gasteiger partial charge in [0.2, 0.25) is 0 Å². The standard InChI is InChI=1S/C25H17Br2ClN2O4/c1-14-20(28)7-4-8-21(14)30-24(32)17(23(31)29-25(30)33)11-15-9-10-22(19(27)12-15)34-13-16-5-2-3-6-18(16)26/h2-12H,13H2,1H3,(H,29,31,33)/b17-11+. The lowest BCUT2D eigenvalue weighted by Crippen LogP contribution is -2.54. The third-order valence-electron chi connectivity index (χ3n) is 5.19. The molecule has 4 rings (SSSR count). The number of rotatable bonds is 5. The normalized spacial score (nSPS) is 15.0. The number of nitrogens with zero attached hydrogens (tertiary/aromatic N) is 1. The zero-order valence-electron chi connectivity index (χ0n) is 17.8. The number of carbonyl (C=O) groups is 3. The summed E-state index contributed by atoms with van der Waals surface area (Å²) < 4.78 is 7.49. The Kier molecular flexibility index (Phi) is 7.21. The fourth-order valence-electron chi connectivity index (χ4n) is 3.38. The van der Waals surface area contributed by atoms with E-state index in [1.165, 1.54) is 6.08 Å². The molecular weight excluding hydrogens is 588 g/mol. The van der Waals surface area contributed by atoms with Crippen molar-refractivity contribution in [1.29, 1.82) is 0 Å². The monoisotopic (exact) mass is 602 g/mol. The molecule has 0 unspecified atom stereocenters. The highest BCUT2D eigenvalue weighted by Crippen LogP contribution is 2.31. The molecule has 0 aliphatic carbocycles. The van der Waals surface area contributed by atoms with Crippen molar-refractivity contribution in [2.45, 2.75) is 13.5 Å². The Morgan fingerprint density at radius 2 is 1.76 bits per heavy atom. The van der Waals surface area contributed by atoms with Crippen LogP contribution >= 0.6 is 43.5 Å². The first-order valence-corrected chi connectivity index (χ1v) is 12.0. The number of benzene rings is 3. The molecule has 3 aromatic carbocycles. The van der Waals surface area contributed by atoms with Crippen molar-refractivity contribution in [2.75, 3.05) is 4.90 Å². The molecule has 1 heterocycles. The first-order chi connectivity index (χ1) is 16.3. The van der Waals surface area contributed by atoms with Crippen LogP contribution in [0.3, 0.4) is 0 Å². The van der Waals surface area contributed by atoms with E-state index in [2.05, 4.69) is 37.2 Å². The predicted octanol–water partition coefficient (Wildman–Crippen LogP) is 6.42. The minimum absolute atomic E-state index is 0.173. The number of ether oxygens (including phenoxy) is 1. The molecular formula is C25H17Br2ClN2O4. The maximum absolute atomic E-state index is 13.1. The summed E-state index contributed by atoms with van der Waals surface area (Å²) in [6.45, 7) is 2.05. The third-order valence-corrected chi connectivity index (χ3v) is 6.99. The summed E-state index contributed by atoms with van der Waals surface area (Å²) >= 11 is 13.1. The Hall–Kier alpha value is -2.94. The maximum Gasteiger partial charge on any atom is 0.335 e. The number of halogens is 3. The molecule has 1 saturated heterocycles. The molecule has 0 aromatic heterocycles. The second-order valence-corrected chi connectivity index (χ2v) is 9.53. The van der Waals surface area contributed by atoms with E-state index in [1.54, 1.807) is 43.3 Å². The van der Waals surface area contributed by atoms with Crippen molar-refractivity contribution in [3.8, 4) is 5.75 Å². The van der Waals surface area contributed by atoms with Gasteiger partial charge in [-0.2, -0.15) is 0 Å². The average Bonchev–Trinajstić information content (AvgIpc) is 2.79. The van der Waals surface area contributed by atoms with Crippen molar-refractivity contribution in [3.63, 3.8) is 0 Å². The molecule has 172 valence electrons. The SMILES string of the molecule is Cc1c(Cl)cccc1N1C(=O)NC(=O)/C(=C\c2ccc(OCc3ccccc3Br)c(Br)c2)C1=O. The largest absolute Gasteiger partial charge is 0.488 e. The first kappa shape index (κ1) is 24.2. The van der Waals surface area contributed by atoms with E-state index in [1.807, 2.05) is 24.3 Å². The van der Waals surface area contributed by atoms with Crippen molar-refractivity contribution >= 4 is 73.1 Å². The quantitative estimate of drug-likeness (QED) is 0.270. The van der Waals surface area contributed by atoms with Gasteiger partial charge in [-0.25, -0.2) is 9.69 Å². The highest BCUT2D eigenvalue weighted by molar-refractivity contribution is 9.10. The predicted molar refractivity (Wildman–Crippen MR) is 138 cm³/mol. The van der Waals surface area contributed by atoms with Gasteiger partial charge in [-0.1, -0.05) is 57.9 Å². The molecule has 0 saturated carbocycles. The van der Waals surface area contributed by atoms with Crippen LogP contribution in [0, 0.1) is 6.92 Å². The molecule has 0 atom stereocenters. The summed E-state index contributed by atoms with van der Waals surface area (Å²) in [5, 5.41) is 2.63. The molecule has 1 aliphatic heterocycles. The number of hydrogen-bond acceptors (Lipinski definition) is 4. The van der Waals surface area contributed by atoms with Gasteiger partial charge in [-0.3, -0.25) is 14.9 Å². The van der Waals surface area contributed by atoms with Gasteiger partial charge < -0.3 is 4.74 Å². The summed E-state index contributed by atoms with van der Waals surface area (Å²) in [4.78, 5) is 39.0. The molecule has 1 N–H and O–H groups in total. The van der Waals surface area contributed by atoms with E-state index >= 15 is 0 Å². The third kappa shape index (κ3) is 4.94. The summed E-state index contributed by atoms with van der Waals surface area (Å²) in [6.07, 6.45) is 1.43. The lowest BCUT2D eigenvalue weighted by Gasteiger charge is -2.27. The molecule has 9 heteroatoms. The Labute approximate surface area is 217 Å². The number of barbiturate groups is 1. The molecule has 6 nitrogen and oxygen atoms in total. The van der Waals surface area contributed by atoms with Crippen molar-refractivity contribution in [3.05, 3.63) is 96.9 Å². The lowest BCUT2D eigenvalue weighted by atomic mass is 10.1. The van der Waals surface area contributed by atoms with Crippen LogP contribution in [0.4, 0.5) is 10.5 Å². The van der Waals surface area contributed by atoms with E-state index in [-0.39, 0.29) is 5.57 Å². The number of anilines is 1. The van der Waals surface area contributed by atoms with E-state index in [4.69, 9.17) is 16.3 Å². The van der Waals surface area contributed by atoms with Gasteiger partial charge in [0.1, 0.15) is 17.9 Å². The fourth-order valence-corrected chi connectivity index (χ4v) is 4.46. The van der Waals surface area contributed by atoms with Crippen LogP contribution in [0.1, 0.15) is 16.7 Å². The van der Waals surface area contributed by atoms with Crippen LogP contribution in [0.25, 0.3) is 6.08 Å². The minimum Gasteiger partial charge on any atom is -0.488 e. The summed E-state index contributed by atoms with van der Waals surface area (Å²) in [6, 6.07) is 17.0. The second kappa shape index (κ2) is 10.1. The molecule has 0 spiro atoms. The Morgan fingerprint density at radius 3 is 2.50 bits per heavy atom. The van der Waals surface area contributed by atoms with Crippen LogP contribution in [0.5, 0.6) is 5.75 Å². The van der Waals surface area contributed by atoms with Gasteiger partial charge in [0, 0.05) is 15.1 Å². The number of hydrogen-bond donors (Lipinski definition) is 1. The van der Waals surface area contributed by atoms with Gasteiger partial charge in [0.05, 0.1) is 10.2 Å². The molecule has 0 radical (unpaired) electrons. The summed E-state index contributed by atoms with van der Waals surface area (Å²) in [7, 11) is 0. The van der Waals surface area contributed by atoms with Crippen molar-refractivity contribution in [1.82, 2.24) is 5.32 Å². The Bertz CT molecular complexity index is 1360. The summed E-state index contributed by atoms with van der Waals surface area (Å²) in [5.41, 5.74) is 2.26. The molecule has 4 amide bonds. The van der Waals surface area contributed by atoms with Gasteiger partial charge in [-0.05, 0) is 70.4 Å². The smallest absolute Gasteiger partial charge is 0.335 e. The number of urea groups is 1. The van der Waals surface area contributed by atoms with Crippen LogP contribution in [0.2, 0.25) is 5.02 Å². The summed E-state index contributed by atoms with van der Waals surface area (Å²) in [5.74, 6) is -0.899. The van der Waals surface area contributed by atoms with E-state index < -0.39 is 17.8 Å². The zero-order valence-corrected chi connectivity index (χ0v) is 21.7. The molecule has 34 heavy (non-hydrogen) atoms. The topological polar surface area (TPSA) is 75.7 Å². The Balaban J connectivity index is 1.60. The van der Waals surface area contributed by atoms with Crippen LogP contribution < -0.4 is 15.0 Å². The van der Waals surface area contributed by atoms with E-state index in [0.29, 0.717) is 38.7 Å². The second-order valence-electron chi connectivity index (χ2n) is 7.41. The number of carbonyl (C=O) groups excluding carboxylic acids is 3. The van der Waals surface area contributed by atoms with Crippen LogP contribution in [0.15, 0.2) is 75.2 Å². The fraction of sp³-hybridized carbons (Fsp3) is 0.0800. The van der Waals surface area contributed by atoms with E-state index in [0.717, 1.165) is 14.9 Å². The van der Waals surface area contributed by atoms with Gasteiger partial charge >= 0.3 is 6.03 Å². The first-order valence-electron chi connectivity index (χ1n) is 10.1. The molecule has 0 bridgehead atoms. The van der Waals surface area contributed by atoms with Gasteiger partial charge in [-0.15, -0.1) is 0 Å². The van der Waals surface area contributed by atoms with Crippen molar-refractivity contribution in [2.24, 2.45) is 0 Å². The van der Waals surface area contributed by atoms with Crippen LogP contribution in [-0.2, 0) is 16.2 Å². The van der Waals surface area contributed by atoms with Crippen molar-refractivity contribution < 1.29 is 19.1 Å². The highest BCUT2D eigenvalue weighted by atomic mass is 79.9.